The summed E-state index contributed by atoms with van der Waals surface area (Å²) < 4.78 is 7.39. The Morgan fingerprint density at radius 2 is 2.00 bits per heavy atom. The molecule has 4 nitrogen and oxygen atoms in total. The lowest BCUT2D eigenvalue weighted by molar-refractivity contribution is 0.408. The van der Waals surface area contributed by atoms with Crippen LogP contribution < -0.4 is 10.2 Å². The molecule has 0 bridgehead atoms. The van der Waals surface area contributed by atoms with Crippen LogP contribution in [0.1, 0.15) is 11.1 Å². The van der Waals surface area contributed by atoms with Crippen LogP contribution in [0.2, 0.25) is 0 Å². The van der Waals surface area contributed by atoms with Crippen molar-refractivity contribution in [1.82, 2.24) is 9.99 Å². The van der Waals surface area contributed by atoms with Crippen LogP contribution in [0.3, 0.4) is 0 Å². The maximum absolute atomic E-state index is 5.45. The molecule has 0 saturated carbocycles. The van der Waals surface area contributed by atoms with Gasteiger partial charge in [0.05, 0.1) is 26.4 Å². The molecule has 0 aliphatic rings. The minimum Gasteiger partial charge on any atom is -0.496 e. The van der Waals surface area contributed by atoms with Gasteiger partial charge < -0.3 is 14.7 Å². The lowest BCUT2D eigenvalue weighted by Gasteiger charge is -2.07. The van der Waals surface area contributed by atoms with Crippen molar-refractivity contribution in [2.75, 3.05) is 7.11 Å². The van der Waals surface area contributed by atoms with E-state index in [2.05, 4.69) is 33.1 Å². The Kier molecular flexibility index (Phi) is 4.83. The van der Waals surface area contributed by atoms with E-state index in [4.69, 9.17) is 11.2 Å². The molecule has 0 aliphatic carbocycles. The second kappa shape index (κ2) is 7.38. The first-order valence-corrected chi connectivity index (χ1v) is 7.72. The summed E-state index contributed by atoms with van der Waals surface area (Å²) in [4.78, 5) is 0. The summed E-state index contributed by atoms with van der Waals surface area (Å²) in [6.07, 6.45) is 9.30. The average molecular weight is 317 g/mol. The highest BCUT2D eigenvalue weighted by atomic mass is 16.5. The van der Waals surface area contributed by atoms with Crippen LogP contribution >= 0.6 is 0 Å². The first kappa shape index (κ1) is 15.7. The van der Waals surface area contributed by atoms with Crippen molar-refractivity contribution in [3.63, 3.8) is 0 Å². The quantitative estimate of drug-likeness (QED) is 0.430. The summed E-state index contributed by atoms with van der Waals surface area (Å²) in [5.74, 6) is 3.53. The number of fused-ring (bicyclic) bond motifs is 1. The van der Waals surface area contributed by atoms with Gasteiger partial charge in [-0.05, 0) is 12.1 Å². The normalized spacial score (nSPS) is 10.8. The van der Waals surface area contributed by atoms with Crippen LogP contribution in [0.25, 0.3) is 10.9 Å². The van der Waals surface area contributed by atoms with Crippen molar-refractivity contribution in [3.8, 4) is 18.1 Å². The van der Waals surface area contributed by atoms with Crippen LogP contribution in [0.4, 0.5) is 0 Å². The second-order valence-corrected chi connectivity index (χ2v) is 5.34. The Balaban J connectivity index is 1.75. The van der Waals surface area contributed by atoms with Crippen molar-refractivity contribution in [2.45, 2.75) is 13.1 Å². The van der Waals surface area contributed by atoms with Gasteiger partial charge in [0, 0.05) is 28.2 Å². The van der Waals surface area contributed by atoms with Gasteiger partial charge in [-0.15, -0.1) is 6.42 Å². The van der Waals surface area contributed by atoms with Crippen LogP contribution in [0, 0.1) is 12.3 Å². The van der Waals surface area contributed by atoms with E-state index in [1.165, 1.54) is 0 Å². The number of hydrogen-bond donors (Lipinski definition) is 1. The summed E-state index contributed by atoms with van der Waals surface area (Å²) in [5.41, 5.74) is 6.28. The monoisotopic (exact) mass is 317 g/mol. The van der Waals surface area contributed by atoms with E-state index >= 15 is 0 Å². The molecular weight excluding hydrogens is 298 g/mol. The molecular formula is C20H19N3O. The molecule has 1 N–H and O–H groups in total. The highest BCUT2D eigenvalue weighted by Crippen LogP contribution is 2.20. The number of aromatic nitrogens is 1. The zero-order chi connectivity index (χ0) is 16.8. The number of benzene rings is 2. The standard InChI is InChI=1S/C20H19N3O/c1-3-12-23-15-17(18-9-5-6-10-19(18)23)14-22-21-13-16-8-4-7-11-20(16)24-2/h1,4-11,14-15,21H,12-13H2,2H3/b22-14-. The number of ether oxygens (including phenoxy) is 1. The maximum Gasteiger partial charge on any atom is 0.123 e. The molecule has 0 aliphatic heterocycles. The number of hydrogen-bond acceptors (Lipinski definition) is 3. The molecule has 4 heteroatoms. The van der Waals surface area contributed by atoms with E-state index in [1.807, 2.05) is 48.8 Å². The third-order valence-corrected chi connectivity index (χ3v) is 3.84. The zero-order valence-electron chi connectivity index (χ0n) is 13.6. The average Bonchev–Trinajstić information content (AvgIpc) is 2.97. The van der Waals surface area contributed by atoms with Gasteiger partial charge in [0.25, 0.3) is 0 Å². The fourth-order valence-corrected chi connectivity index (χ4v) is 2.70. The van der Waals surface area contributed by atoms with E-state index in [9.17, 15) is 0 Å². The number of nitrogens with one attached hydrogen (secondary N) is 1. The lowest BCUT2D eigenvalue weighted by atomic mass is 10.2. The van der Waals surface area contributed by atoms with E-state index in [1.54, 1.807) is 7.11 Å². The minimum absolute atomic E-state index is 0.545. The fraction of sp³-hybridized carbons (Fsp3) is 0.150. The van der Waals surface area contributed by atoms with Gasteiger partial charge in [-0.2, -0.15) is 5.10 Å². The molecule has 24 heavy (non-hydrogen) atoms. The highest BCUT2D eigenvalue weighted by Gasteiger charge is 2.05. The molecule has 3 aromatic rings. The molecule has 0 atom stereocenters. The SMILES string of the molecule is C#CCn1cc(/C=N\NCc2ccccc2OC)c2ccccc21. The van der Waals surface area contributed by atoms with Gasteiger partial charge in [-0.3, -0.25) is 0 Å². The van der Waals surface area contributed by atoms with Gasteiger partial charge in [0.1, 0.15) is 5.75 Å². The Morgan fingerprint density at radius 3 is 2.83 bits per heavy atom. The largest absolute Gasteiger partial charge is 0.496 e. The Morgan fingerprint density at radius 1 is 1.21 bits per heavy atom. The summed E-state index contributed by atoms with van der Waals surface area (Å²) in [7, 11) is 1.67. The van der Waals surface area contributed by atoms with Crippen LogP contribution in [0.15, 0.2) is 59.8 Å². The zero-order valence-corrected chi connectivity index (χ0v) is 13.6. The predicted octanol–water partition coefficient (Wildman–Crippen LogP) is 3.41. The van der Waals surface area contributed by atoms with Crippen molar-refractivity contribution >= 4 is 17.1 Å². The Hall–Kier alpha value is -3.19. The van der Waals surface area contributed by atoms with Crippen molar-refractivity contribution in [3.05, 3.63) is 65.9 Å². The van der Waals surface area contributed by atoms with Crippen molar-refractivity contribution < 1.29 is 4.74 Å². The molecule has 0 amide bonds. The molecule has 0 radical (unpaired) electrons. The molecule has 1 heterocycles. The highest BCUT2D eigenvalue weighted by molar-refractivity contribution is 5.99. The molecule has 3 rings (SSSR count). The Bertz CT molecular complexity index is 903. The molecule has 0 saturated heterocycles. The fourth-order valence-electron chi connectivity index (χ4n) is 2.70. The van der Waals surface area contributed by atoms with Gasteiger partial charge in [0.2, 0.25) is 0 Å². The number of rotatable bonds is 6. The van der Waals surface area contributed by atoms with Crippen molar-refractivity contribution in [2.24, 2.45) is 5.10 Å². The van der Waals surface area contributed by atoms with E-state index in [0.29, 0.717) is 13.1 Å². The van der Waals surface area contributed by atoms with E-state index in [-0.39, 0.29) is 0 Å². The first-order valence-electron chi connectivity index (χ1n) is 7.72. The van der Waals surface area contributed by atoms with Crippen LogP contribution in [-0.4, -0.2) is 17.9 Å². The van der Waals surface area contributed by atoms with Crippen LogP contribution in [-0.2, 0) is 13.1 Å². The number of hydrazone groups is 1. The Labute approximate surface area is 141 Å². The third-order valence-electron chi connectivity index (χ3n) is 3.84. The number of methoxy groups -OCH3 is 1. The third kappa shape index (κ3) is 3.26. The molecule has 120 valence electrons. The molecule has 0 fully saturated rings. The topological polar surface area (TPSA) is 38.5 Å². The maximum atomic E-state index is 5.45. The van der Waals surface area contributed by atoms with Crippen molar-refractivity contribution in [1.29, 1.82) is 0 Å². The van der Waals surface area contributed by atoms with E-state index < -0.39 is 0 Å². The number of terminal acetylenes is 1. The van der Waals surface area contributed by atoms with Gasteiger partial charge in [-0.1, -0.05) is 42.3 Å². The summed E-state index contributed by atoms with van der Waals surface area (Å²) in [5, 5.41) is 5.48. The molecule has 1 aromatic heterocycles. The smallest absolute Gasteiger partial charge is 0.123 e. The summed E-state index contributed by atoms with van der Waals surface area (Å²) in [6, 6.07) is 16.0. The van der Waals surface area contributed by atoms with E-state index in [0.717, 1.165) is 27.8 Å². The van der Waals surface area contributed by atoms with Gasteiger partial charge >= 0.3 is 0 Å². The van der Waals surface area contributed by atoms with Crippen LogP contribution in [0.5, 0.6) is 5.75 Å². The summed E-state index contributed by atoms with van der Waals surface area (Å²) >= 11 is 0. The predicted molar refractivity (Wildman–Crippen MR) is 98.2 cm³/mol. The number of nitrogens with zero attached hydrogens (tertiary/aromatic N) is 2. The minimum atomic E-state index is 0.545. The second-order valence-electron chi connectivity index (χ2n) is 5.34. The molecule has 2 aromatic carbocycles. The summed E-state index contributed by atoms with van der Waals surface area (Å²) in [6.45, 7) is 1.15. The molecule has 0 spiro atoms. The van der Waals surface area contributed by atoms with Gasteiger partial charge in [-0.25, -0.2) is 0 Å². The lowest BCUT2D eigenvalue weighted by Crippen LogP contribution is -2.06. The first-order chi connectivity index (χ1) is 11.8. The van der Waals surface area contributed by atoms with Gasteiger partial charge in [0.15, 0.2) is 0 Å². The molecule has 0 unspecified atom stereocenters. The number of para-hydroxylation sites is 2.